The first-order valence-corrected chi connectivity index (χ1v) is 48.7. The van der Waals surface area contributed by atoms with Crippen LogP contribution in [-0.4, -0.2) is 21.1 Å². The van der Waals surface area contributed by atoms with Crippen LogP contribution in [0.15, 0.2) is 442 Å². The van der Waals surface area contributed by atoms with Crippen LogP contribution in [0.1, 0.15) is 72.3 Å². The number of hydrogen-bond acceptors (Lipinski definition) is 9. The van der Waals surface area contributed by atoms with Crippen LogP contribution < -0.4 is 29.4 Å². The van der Waals surface area contributed by atoms with Crippen molar-refractivity contribution in [1.29, 1.82) is 0 Å². The Morgan fingerprint density at radius 3 is 0.662 bits per heavy atom. The van der Waals surface area contributed by atoms with Crippen LogP contribution in [0.5, 0.6) is 0 Å². The van der Waals surface area contributed by atoms with Crippen LogP contribution in [0.2, 0.25) is 0 Å². The highest BCUT2D eigenvalue weighted by molar-refractivity contribution is 7.99. The number of aryl methyl sites for hydroxylation is 11. The summed E-state index contributed by atoms with van der Waals surface area (Å²) in [6.45, 7) is 23.6. The quantitative estimate of drug-likeness (QED) is 0.0547. The first-order chi connectivity index (χ1) is 66.8. The molecule has 0 saturated heterocycles. The van der Waals surface area contributed by atoms with Gasteiger partial charge < -0.3 is 29.4 Å². The topological polar surface area (TPSA) is 19.4 Å². The Morgan fingerprint density at radius 2 is 0.374 bits per heavy atom. The third-order valence-corrected chi connectivity index (χ3v) is 28.2. The SMILES string of the molecule is Cc1ccc(-c2ccc(N(c3ccc(Sc4ccc(N(C)c5ccc(C(F)(F)F)cc5)cc4)cc3)c3ccc(C(F)(F)F)cc3)cc2)cc1.Cc1ccc(-c2ccc(N(c3ccc(Sc4ccc(N(C)c5ccc(C)c(C)c5)cc4)cc3)c3ccc(C)c(C)c3)cc2)cc1.Cc1ccc(-c2ccc(N(c3ccc(Sc4ccc(N(C)c5ccc(C)cc5C)cc4)cc3)c3ccc(C)cc3C)cc2)cc1. The molecular formula is C124H110F6N6S3. The molecule has 0 fully saturated rings. The first-order valence-electron chi connectivity index (χ1n) is 46.3. The van der Waals surface area contributed by atoms with Crippen LogP contribution in [0, 0.1) is 76.2 Å². The van der Waals surface area contributed by atoms with Crippen molar-refractivity contribution in [3.8, 4) is 33.4 Å². The van der Waals surface area contributed by atoms with Crippen molar-refractivity contribution in [3.05, 3.63) is 485 Å². The number of alkyl halides is 6. The van der Waals surface area contributed by atoms with Gasteiger partial charge in [-0.05, 0) is 410 Å². The Labute approximate surface area is 827 Å². The lowest BCUT2D eigenvalue weighted by atomic mass is 10.0. The van der Waals surface area contributed by atoms with Gasteiger partial charge in [0.2, 0.25) is 0 Å². The molecule has 18 rings (SSSR count). The summed E-state index contributed by atoms with van der Waals surface area (Å²) in [6, 6.07) is 139. The molecule has 6 nitrogen and oxygen atoms in total. The maximum atomic E-state index is 13.4. The van der Waals surface area contributed by atoms with E-state index in [1.165, 1.54) is 162 Å². The van der Waals surface area contributed by atoms with Gasteiger partial charge in [0.25, 0.3) is 0 Å². The summed E-state index contributed by atoms with van der Waals surface area (Å²) in [5.74, 6) is 0. The van der Waals surface area contributed by atoms with Crippen molar-refractivity contribution in [2.75, 3.05) is 50.5 Å². The van der Waals surface area contributed by atoms with E-state index in [1.54, 1.807) is 30.6 Å². The Bertz CT molecular complexity index is 7190. The molecule has 0 radical (unpaired) electrons. The standard InChI is InChI=1S/2C42H40N2S.C40H30F6N2S/c1-29-7-11-34(12-8-29)35-13-15-37(16-14-35)44(42-26-10-31(3)28-33(42)5)38-19-23-40(24-20-38)45-39-21-17-36(18-22-39)43(6)41-25-9-30(2)27-32(41)4;1-29-7-11-34(12-8-29)35-13-17-37(18-14-35)44(40-16-10-31(3)33(5)28-40)38-21-25-42(26-22-38)45-41-23-19-36(20-24-41)43(6)39-15-9-30(2)32(4)27-39;1-27-3-5-28(6-4-27)29-7-13-34(14-8-29)48(35-17-11-31(12-18-35)40(44,45)46)36-21-25-38(26-22-36)49-37-23-19-33(20-24-37)47(2)32-15-9-30(10-16-32)39(41,42)43/h2*7-28H,1-6H3;3-26H,1-2H3. The fourth-order valence-corrected chi connectivity index (χ4v) is 19.2. The lowest BCUT2D eigenvalue weighted by Crippen LogP contribution is -2.11. The van der Waals surface area contributed by atoms with E-state index in [9.17, 15) is 26.3 Å². The molecule has 0 atom stereocenters. The third-order valence-electron chi connectivity index (χ3n) is 25.2. The van der Waals surface area contributed by atoms with Gasteiger partial charge in [0.15, 0.2) is 0 Å². The van der Waals surface area contributed by atoms with E-state index in [0.717, 1.165) is 96.2 Å². The van der Waals surface area contributed by atoms with Gasteiger partial charge in [0, 0.05) is 136 Å². The van der Waals surface area contributed by atoms with E-state index in [4.69, 9.17) is 0 Å². The van der Waals surface area contributed by atoms with Crippen LogP contribution in [0.25, 0.3) is 33.4 Å². The van der Waals surface area contributed by atoms with E-state index < -0.39 is 23.5 Å². The van der Waals surface area contributed by atoms with Gasteiger partial charge >= 0.3 is 12.4 Å². The fraction of sp³-hybridized carbons (Fsp3) is 0.129. The minimum atomic E-state index is -4.44. The number of halogens is 6. The monoisotopic (exact) mass is 1890 g/mol. The molecule has 0 heterocycles. The lowest BCUT2D eigenvalue weighted by Gasteiger charge is -2.27. The van der Waals surface area contributed by atoms with Crippen LogP contribution in [-0.2, 0) is 12.4 Å². The van der Waals surface area contributed by atoms with Crippen LogP contribution >= 0.6 is 35.3 Å². The summed E-state index contributed by atoms with van der Waals surface area (Å²) < 4.78 is 78.9. The van der Waals surface area contributed by atoms with Crippen LogP contribution in [0.4, 0.5) is 112 Å². The molecule has 0 bridgehead atoms. The number of rotatable bonds is 24. The molecule has 0 aliphatic rings. The van der Waals surface area contributed by atoms with E-state index >= 15 is 0 Å². The average molecular weight is 1890 g/mol. The van der Waals surface area contributed by atoms with Gasteiger partial charge in [0.05, 0.1) is 11.1 Å². The predicted molar refractivity (Wildman–Crippen MR) is 577 cm³/mol. The Hall–Kier alpha value is -14.6. The molecule has 0 amide bonds. The van der Waals surface area contributed by atoms with E-state index in [0.29, 0.717) is 11.4 Å². The molecule has 0 unspecified atom stereocenters. The maximum absolute atomic E-state index is 13.4. The van der Waals surface area contributed by atoms with E-state index in [1.807, 2.05) is 102 Å². The summed E-state index contributed by atoms with van der Waals surface area (Å²) >= 11 is 5.12. The second-order valence-corrected chi connectivity index (χ2v) is 38.8. The molecule has 18 aromatic rings. The summed E-state index contributed by atoms with van der Waals surface area (Å²) in [4.78, 5) is 19.7. The Kier molecular flexibility index (Phi) is 30.4. The van der Waals surface area contributed by atoms with Crippen molar-refractivity contribution >= 4 is 121 Å². The zero-order chi connectivity index (χ0) is 97.8. The minimum absolute atomic E-state index is 0.587. The largest absolute Gasteiger partial charge is 0.416 e. The molecular weight excluding hydrogens is 1780 g/mol. The normalized spacial score (nSPS) is 11.3. The van der Waals surface area contributed by atoms with Crippen molar-refractivity contribution in [1.82, 2.24) is 0 Å². The zero-order valence-corrected chi connectivity index (χ0v) is 82.9. The number of hydrogen-bond donors (Lipinski definition) is 0. The molecule has 0 aromatic heterocycles. The zero-order valence-electron chi connectivity index (χ0n) is 80.4. The highest BCUT2D eigenvalue weighted by atomic mass is 32.2. The van der Waals surface area contributed by atoms with Gasteiger partial charge in [-0.25, -0.2) is 0 Å². The highest BCUT2D eigenvalue weighted by Crippen LogP contribution is 2.46. The van der Waals surface area contributed by atoms with Gasteiger partial charge in [-0.1, -0.05) is 209 Å². The molecule has 0 saturated carbocycles. The smallest absolute Gasteiger partial charge is 0.345 e. The van der Waals surface area contributed by atoms with Gasteiger partial charge in [-0.2, -0.15) is 26.3 Å². The van der Waals surface area contributed by atoms with Crippen molar-refractivity contribution in [2.24, 2.45) is 0 Å². The van der Waals surface area contributed by atoms with Gasteiger partial charge in [0.1, 0.15) is 0 Å². The second kappa shape index (κ2) is 43.4. The Morgan fingerprint density at radius 1 is 0.165 bits per heavy atom. The second-order valence-electron chi connectivity index (χ2n) is 35.4. The summed E-state index contributed by atoms with van der Waals surface area (Å²) in [6.07, 6.45) is -8.82. The van der Waals surface area contributed by atoms with Crippen molar-refractivity contribution < 1.29 is 26.3 Å². The molecule has 0 spiro atoms. The number of nitrogens with zero attached hydrogens (tertiary/aromatic N) is 6. The predicted octanol–water partition coefficient (Wildman–Crippen LogP) is 37.7. The van der Waals surface area contributed by atoms with Crippen molar-refractivity contribution in [2.45, 2.75) is 118 Å². The molecule has 139 heavy (non-hydrogen) atoms. The first kappa shape index (κ1) is 97.5. The van der Waals surface area contributed by atoms with Crippen LogP contribution in [0.3, 0.4) is 0 Å². The highest BCUT2D eigenvalue weighted by Gasteiger charge is 2.32. The number of benzene rings is 18. The minimum Gasteiger partial charge on any atom is -0.345 e. The van der Waals surface area contributed by atoms with E-state index in [-0.39, 0.29) is 0 Å². The average Bonchev–Trinajstić information content (AvgIpc) is 0.800. The summed E-state index contributed by atoms with van der Waals surface area (Å²) in [5.41, 5.74) is 34.9. The molecule has 0 N–H and O–H groups in total. The molecule has 696 valence electrons. The summed E-state index contributed by atoms with van der Waals surface area (Å²) in [5, 5.41) is 0. The third kappa shape index (κ3) is 24.3. The van der Waals surface area contributed by atoms with E-state index in [2.05, 4.69) is 382 Å². The fourth-order valence-electron chi connectivity index (χ4n) is 16.7. The molecule has 15 heteroatoms. The van der Waals surface area contributed by atoms with Gasteiger partial charge in [-0.15, -0.1) is 0 Å². The molecule has 0 aliphatic heterocycles. The maximum Gasteiger partial charge on any atom is 0.416 e. The lowest BCUT2D eigenvalue weighted by molar-refractivity contribution is -0.138. The van der Waals surface area contributed by atoms with Crippen molar-refractivity contribution in [3.63, 3.8) is 0 Å². The molecule has 0 aliphatic carbocycles. The number of anilines is 15. The molecule has 18 aromatic carbocycles. The Balaban J connectivity index is 0.000000151. The van der Waals surface area contributed by atoms with Gasteiger partial charge in [-0.3, -0.25) is 0 Å². The summed E-state index contributed by atoms with van der Waals surface area (Å²) in [7, 11) is 6.06.